The van der Waals surface area contributed by atoms with Crippen LogP contribution >= 0.6 is 0 Å². The Morgan fingerprint density at radius 1 is 0.875 bits per heavy atom. The lowest BCUT2D eigenvalue weighted by molar-refractivity contribution is -0.139. The van der Waals surface area contributed by atoms with Crippen molar-refractivity contribution in [3.05, 3.63) is 95.1 Å². The molecule has 0 aromatic heterocycles. The zero-order valence-electron chi connectivity index (χ0n) is 23.8. The van der Waals surface area contributed by atoms with Gasteiger partial charge in [0.25, 0.3) is 10.0 Å². The van der Waals surface area contributed by atoms with E-state index in [1.165, 1.54) is 9.21 Å². The summed E-state index contributed by atoms with van der Waals surface area (Å²) in [5.74, 6) is -0.676. The molecule has 0 saturated heterocycles. The fourth-order valence-corrected chi connectivity index (χ4v) is 6.54. The van der Waals surface area contributed by atoms with Gasteiger partial charge in [0.2, 0.25) is 11.8 Å². The van der Waals surface area contributed by atoms with Gasteiger partial charge in [0.1, 0.15) is 12.6 Å². The predicted molar refractivity (Wildman–Crippen MR) is 158 cm³/mol. The van der Waals surface area contributed by atoms with Gasteiger partial charge in [0.15, 0.2) is 0 Å². The molecule has 8 heteroatoms. The zero-order chi connectivity index (χ0) is 28.9. The molecule has 0 unspecified atom stereocenters. The molecule has 0 aliphatic heterocycles. The molecule has 0 heterocycles. The molecule has 1 aliphatic carbocycles. The number of benzene rings is 3. The van der Waals surface area contributed by atoms with Crippen molar-refractivity contribution in [2.75, 3.05) is 10.8 Å². The third-order valence-corrected chi connectivity index (χ3v) is 9.39. The molecule has 1 fully saturated rings. The summed E-state index contributed by atoms with van der Waals surface area (Å²) in [7, 11) is -4.08. The van der Waals surface area contributed by atoms with Crippen molar-refractivity contribution in [2.24, 2.45) is 0 Å². The van der Waals surface area contributed by atoms with Crippen molar-refractivity contribution in [1.29, 1.82) is 0 Å². The van der Waals surface area contributed by atoms with E-state index in [2.05, 4.69) is 5.32 Å². The summed E-state index contributed by atoms with van der Waals surface area (Å²) >= 11 is 0. The van der Waals surface area contributed by atoms with Crippen LogP contribution < -0.4 is 9.62 Å². The van der Waals surface area contributed by atoms with Gasteiger partial charge in [-0.25, -0.2) is 8.42 Å². The lowest BCUT2D eigenvalue weighted by Gasteiger charge is -2.33. The number of hydrogen-bond acceptors (Lipinski definition) is 4. The van der Waals surface area contributed by atoms with E-state index < -0.39 is 28.5 Å². The molecule has 1 N–H and O–H groups in total. The average Bonchev–Trinajstić information content (AvgIpc) is 3.44. The van der Waals surface area contributed by atoms with Crippen LogP contribution in [0, 0.1) is 20.8 Å². The molecule has 0 bridgehead atoms. The number of para-hydroxylation sites is 1. The van der Waals surface area contributed by atoms with E-state index in [1.807, 2.05) is 57.2 Å². The minimum atomic E-state index is -4.08. The largest absolute Gasteiger partial charge is 0.352 e. The van der Waals surface area contributed by atoms with Crippen molar-refractivity contribution in [2.45, 2.75) is 76.9 Å². The molecule has 3 aromatic carbocycles. The monoisotopic (exact) mass is 561 g/mol. The second-order valence-electron chi connectivity index (χ2n) is 10.8. The van der Waals surface area contributed by atoms with Crippen molar-refractivity contribution in [3.63, 3.8) is 0 Å². The molecule has 1 saturated carbocycles. The normalized spacial score (nSPS) is 14.5. The maximum absolute atomic E-state index is 14.1. The van der Waals surface area contributed by atoms with Crippen LogP contribution in [0.1, 0.15) is 54.9 Å². The summed E-state index contributed by atoms with van der Waals surface area (Å²) in [5.41, 5.74) is 4.04. The van der Waals surface area contributed by atoms with Gasteiger partial charge in [0.05, 0.1) is 10.6 Å². The van der Waals surface area contributed by atoms with Gasteiger partial charge in [-0.15, -0.1) is 0 Å². The molecule has 40 heavy (non-hydrogen) atoms. The van der Waals surface area contributed by atoms with Gasteiger partial charge in [0, 0.05) is 12.6 Å². The first kappa shape index (κ1) is 29.3. The number of carbonyl (C=O) groups is 2. The van der Waals surface area contributed by atoms with E-state index in [-0.39, 0.29) is 23.4 Å². The highest BCUT2D eigenvalue weighted by atomic mass is 32.2. The Hall–Kier alpha value is -3.65. The molecule has 212 valence electrons. The van der Waals surface area contributed by atoms with E-state index in [0.717, 1.165) is 47.9 Å². The topological polar surface area (TPSA) is 86.8 Å². The third kappa shape index (κ3) is 6.91. The Morgan fingerprint density at radius 3 is 2.05 bits per heavy atom. The molecule has 1 aliphatic rings. The Labute approximate surface area is 238 Å². The van der Waals surface area contributed by atoms with E-state index >= 15 is 0 Å². The highest BCUT2D eigenvalue weighted by Gasteiger charge is 2.33. The van der Waals surface area contributed by atoms with Crippen molar-refractivity contribution < 1.29 is 18.0 Å². The molecule has 7 nitrogen and oxygen atoms in total. The molecule has 3 aromatic rings. The number of aryl methyl sites for hydroxylation is 3. The van der Waals surface area contributed by atoms with Crippen LogP contribution in [-0.2, 0) is 26.2 Å². The van der Waals surface area contributed by atoms with Gasteiger partial charge < -0.3 is 10.2 Å². The van der Waals surface area contributed by atoms with Gasteiger partial charge >= 0.3 is 0 Å². The quantitative estimate of drug-likeness (QED) is 0.365. The maximum Gasteiger partial charge on any atom is 0.264 e. The Balaban J connectivity index is 1.69. The Morgan fingerprint density at radius 2 is 1.45 bits per heavy atom. The maximum atomic E-state index is 14.1. The molecule has 4 rings (SSSR count). The van der Waals surface area contributed by atoms with Crippen molar-refractivity contribution >= 4 is 27.5 Å². The summed E-state index contributed by atoms with van der Waals surface area (Å²) in [4.78, 5) is 29.0. The summed E-state index contributed by atoms with van der Waals surface area (Å²) in [6.45, 7) is 7.15. The molecule has 2 amide bonds. The first-order valence-electron chi connectivity index (χ1n) is 13.9. The number of rotatable bonds is 10. The van der Waals surface area contributed by atoms with Gasteiger partial charge in [-0.05, 0) is 69.9 Å². The average molecular weight is 562 g/mol. The van der Waals surface area contributed by atoms with E-state index in [4.69, 9.17) is 0 Å². The smallest absolute Gasteiger partial charge is 0.264 e. The number of nitrogens with zero attached hydrogens (tertiary/aromatic N) is 2. The highest BCUT2D eigenvalue weighted by Crippen LogP contribution is 2.28. The third-order valence-electron chi connectivity index (χ3n) is 7.61. The van der Waals surface area contributed by atoms with E-state index in [0.29, 0.717) is 5.69 Å². The lowest BCUT2D eigenvalue weighted by atomic mass is 10.1. The summed E-state index contributed by atoms with van der Waals surface area (Å²) in [6.07, 6.45) is 4.02. The first-order valence-corrected chi connectivity index (χ1v) is 15.3. The fourth-order valence-electron chi connectivity index (χ4n) is 5.06. The SMILES string of the molecule is Cc1ccc(CN(C(=O)CN(c2ccccc2C)S(=O)(=O)c2ccc(C)cc2)[C@H](C)C(=O)NC2CCCC2)cc1. The standard InChI is InChI=1S/C32H39N3O4S/c1-23-13-17-27(18-14-23)21-34(26(4)32(37)33-28-10-6-7-11-28)31(36)22-35(30-12-8-5-9-25(30)3)40(38,39)29-19-15-24(2)16-20-29/h5,8-9,12-20,26,28H,6-7,10-11,21-22H2,1-4H3,(H,33,37)/t26-/m1/s1. The second kappa shape index (κ2) is 12.7. The molecule has 1 atom stereocenters. The Kier molecular flexibility index (Phi) is 9.30. The predicted octanol–water partition coefficient (Wildman–Crippen LogP) is 5.28. The van der Waals surface area contributed by atoms with Crippen LogP contribution in [0.3, 0.4) is 0 Å². The van der Waals surface area contributed by atoms with Gasteiger partial charge in [-0.1, -0.05) is 78.6 Å². The minimum Gasteiger partial charge on any atom is -0.352 e. The van der Waals surface area contributed by atoms with Crippen LogP contribution in [0.5, 0.6) is 0 Å². The number of nitrogens with one attached hydrogen (secondary N) is 1. The fraction of sp³-hybridized carbons (Fsp3) is 0.375. The van der Waals surface area contributed by atoms with Crippen LogP contribution in [0.25, 0.3) is 0 Å². The van der Waals surface area contributed by atoms with Crippen LogP contribution in [-0.4, -0.2) is 43.8 Å². The molecular formula is C32H39N3O4S. The molecule has 0 spiro atoms. The number of hydrogen-bond donors (Lipinski definition) is 1. The van der Waals surface area contributed by atoms with Crippen LogP contribution in [0.15, 0.2) is 77.7 Å². The molecular weight excluding hydrogens is 522 g/mol. The second-order valence-corrected chi connectivity index (χ2v) is 12.6. The number of sulfonamides is 1. The van der Waals surface area contributed by atoms with Crippen LogP contribution in [0.4, 0.5) is 5.69 Å². The first-order chi connectivity index (χ1) is 19.1. The van der Waals surface area contributed by atoms with Crippen molar-refractivity contribution in [1.82, 2.24) is 10.2 Å². The number of anilines is 1. The van der Waals surface area contributed by atoms with Gasteiger partial charge in [-0.2, -0.15) is 0 Å². The van der Waals surface area contributed by atoms with Crippen molar-refractivity contribution in [3.8, 4) is 0 Å². The summed E-state index contributed by atoms with van der Waals surface area (Å²) in [5, 5.41) is 3.10. The number of amides is 2. The summed E-state index contributed by atoms with van der Waals surface area (Å²) in [6, 6.07) is 20.8. The van der Waals surface area contributed by atoms with E-state index in [1.54, 1.807) is 43.3 Å². The lowest BCUT2D eigenvalue weighted by Crippen LogP contribution is -2.52. The number of carbonyl (C=O) groups excluding carboxylic acids is 2. The zero-order valence-corrected chi connectivity index (χ0v) is 24.6. The highest BCUT2D eigenvalue weighted by molar-refractivity contribution is 7.92. The molecule has 0 radical (unpaired) electrons. The Bertz CT molecular complexity index is 1430. The summed E-state index contributed by atoms with van der Waals surface area (Å²) < 4.78 is 29.1. The van der Waals surface area contributed by atoms with Crippen LogP contribution in [0.2, 0.25) is 0 Å². The van der Waals surface area contributed by atoms with Gasteiger partial charge in [-0.3, -0.25) is 13.9 Å². The van der Waals surface area contributed by atoms with E-state index in [9.17, 15) is 18.0 Å². The minimum absolute atomic E-state index is 0.103.